The zero-order valence-corrected chi connectivity index (χ0v) is 13.6. The molecular weight excluding hydrogens is 302 g/mol. The minimum atomic E-state index is 0.311. The lowest BCUT2D eigenvalue weighted by Gasteiger charge is -2.27. The van der Waals surface area contributed by atoms with E-state index < -0.39 is 0 Å². The molecule has 1 atom stereocenters. The molecule has 0 N–H and O–H groups in total. The van der Waals surface area contributed by atoms with Gasteiger partial charge in [0.25, 0.3) is 0 Å². The van der Waals surface area contributed by atoms with Crippen molar-refractivity contribution in [1.29, 1.82) is 0 Å². The number of nitrogens with zero attached hydrogens (tertiary/aromatic N) is 3. The molecule has 0 unspecified atom stereocenters. The first-order valence-electron chi connectivity index (χ1n) is 8.54. The fourth-order valence-electron chi connectivity index (χ4n) is 3.38. The van der Waals surface area contributed by atoms with Crippen LogP contribution in [0.3, 0.4) is 0 Å². The molecule has 24 heavy (non-hydrogen) atoms. The van der Waals surface area contributed by atoms with Gasteiger partial charge in [-0.1, -0.05) is 24.1 Å². The van der Waals surface area contributed by atoms with E-state index in [4.69, 9.17) is 8.94 Å². The Kier molecular flexibility index (Phi) is 4.42. The summed E-state index contributed by atoms with van der Waals surface area (Å²) in [5.41, 5.74) is 1.63. The molecule has 1 saturated heterocycles. The van der Waals surface area contributed by atoms with Crippen LogP contribution in [0.2, 0.25) is 0 Å². The van der Waals surface area contributed by atoms with Crippen LogP contribution in [0.25, 0.3) is 11.4 Å². The lowest BCUT2D eigenvalue weighted by Crippen LogP contribution is -2.27. The van der Waals surface area contributed by atoms with Crippen LogP contribution in [0, 0.1) is 0 Å². The molecular formula is C19H21N3O2. The first-order chi connectivity index (χ1) is 11.9. The van der Waals surface area contributed by atoms with Crippen LogP contribution in [-0.2, 0) is 6.54 Å². The van der Waals surface area contributed by atoms with Gasteiger partial charge in [-0.05, 0) is 43.7 Å². The van der Waals surface area contributed by atoms with Gasteiger partial charge >= 0.3 is 0 Å². The van der Waals surface area contributed by atoms with Gasteiger partial charge in [0, 0.05) is 12.3 Å². The number of aromatic nitrogens is 2. The summed E-state index contributed by atoms with van der Waals surface area (Å²) >= 11 is 0. The third-order valence-corrected chi connectivity index (χ3v) is 4.58. The molecule has 1 aliphatic rings. The molecule has 0 amide bonds. The molecule has 124 valence electrons. The van der Waals surface area contributed by atoms with Crippen LogP contribution in [-0.4, -0.2) is 21.6 Å². The monoisotopic (exact) mass is 323 g/mol. The predicted octanol–water partition coefficient (Wildman–Crippen LogP) is 4.45. The third-order valence-electron chi connectivity index (χ3n) is 4.58. The van der Waals surface area contributed by atoms with E-state index in [2.05, 4.69) is 21.1 Å². The average molecular weight is 323 g/mol. The minimum absolute atomic E-state index is 0.311. The van der Waals surface area contributed by atoms with Gasteiger partial charge in [0.15, 0.2) is 5.76 Å². The summed E-state index contributed by atoms with van der Waals surface area (Å²) in [5.74, 6) is 1.91. The lowest BCUT2D eigenvalue weighted by atomic mass is 10.1. The summed E-state index contributed by atoms with van der Waals surface area (Å²) in [5, 5.41) is 4.18. The van der Waals surface area contributed by atoms with E-state index in [1.807, 2.05) is 30.3 Å². The Bertz CT molecular complexity index is 752. The van der Waals surface area contributed by atoms with E-state index in [1.54, 1.807) is 12.5 Å². The second-order valence-corrected chi connectivity index (χ2v) is 6.24. The lowest BCUT2D eigenvalue weighted by molar-refractivity contribution is 0.152. The Morgan fingerprint density at radius 3 is 2.92 bits per heavy atom. The zero-order chi connectivity index (χ0) is 16.2. The van der Waals surface area contributed by atoms with Crippen LogP contribution in [0.1, 0.15) is 43.2 Å². The quantitative estimate of drug-likeness (QED) is 0.710. The van der Waals surface area contributed by atoms with Gasteiger partial charge in [-0.15, -0.1) is 0 Å². The van der Waals surface area contributed by atoms with Gasteiger partial charge in [0.2, 0.25) is 0 Å². The van der Waals surface area contributed by atoms with E-state index in [0.29, 0.717) is 6.04 Å². The van der Waals surface area contributed by atoms with Crippen LogP contribution in [0.15, 0.2) is 57.8 Å². The van der Waals surface area contributed by atoms with Crippen molar-refractivity contribution in [3.05, 3.63) is 60.4 Å². The van der Waals surface area contributed by atoms with E-state index in [-0.39, 0.29) is 0 Å². The van der Waals surface area contributed by atoms with Crippen molar-refractivity contribution in [3.63, 3.8) is 0 Å². The minimum Gasteiger partial charge on any atom is -0.468 e. The number of pyridine rings is 1. The standard InChI is InChI=1S/C19H21N3O2/c1-2-8-18(19-9-6-12-23-19)22(11-5-1)14-15-13-17(21-24-15)16-7-3-4-10-20-16/h3-4,6-7,9-10,12-13,18H,1-2,5,8,11,14H2/t18-/m0/s1. The highest BCUT2D eigenvalue weighted by Gasteiger charge is 2.26. The summed E-state index contributed by atoms with van der Waals surface area (Å²) in [6, 6.07) is 12.1. The van der Waals surface area contributed by atoms with E-state index >= 15 is 0 Å². The molecule has 1 aliphatic heterocycles. The number of hydrogen-bond donors (Lipinski definition) is 0. The number of furan rings is 1. The summed E-state index contributed by atoms with van der Waals surface area (Å²) in [4.78, 5) is 6.77. The molecule has 0 aliphatic carbocycles. The highest BCUT2D eigenvalue weighted by molar-refractivity contribution is 5.52. The molecule has 5 nitrogen and oxygen atoms in total. The fraction of sp³-hybridized carbons (Fsp3) is 0.368. The van der Waals surface area contributed by atoms with Crippen molar-refractivity contribution >= 4 is 0 Å². The van der Waals surface area contributed by atoms with Crippen molar-refractivity contribution in [2.45, 2.75) is 38.3 Å². The predicted molar refractivity (Wildman–Crippen MR) is 90.1 cm³/mol. The SMILES string of the molecule is c1ccc(-c2cc(CN3CCCCC[C@H]3c3ccco3)on2)nc1. The molecule has 0 spiro atoms. The Labute approximate surface area is 141 Å². The molecule has 3 aromatic heterocycles. The van der Waals surface area contributed by atoms with Crippen LogP contribution in [0.5, 0.6) is 0 Å². The van der Waals surface area contributed by atoms with Gasteiger partial charge in [0.05, 0.1) is 24.5 Å². The molecule has 5 heteroatoms. The van der Waals surface area contributed by atoms with Crippen LogP contribution >= 0.6 is 0 Å². The summed E-state index contributed by atoms with van der Waals surface area (Å²) in [7, 11) is 0. The highest BCUT2D eigenvalue weighted by atomic mass is 16.5. The van der Waals surface area contributed by atoms with E-state index in [9.17, 15) is 0 Å². The molecule has 4 heterocycles. The van der Waals surface area contributed by atoms with E-state index in [0.717, 1.165) is 42.4 Å². The fourth-order valence-corrected chi connectivity index (χ4v) is 3.38. The second-order valence-electron chi connectivity index (χ2n) is 6.24. The van der Waals surface area contributed by atoms with Gasteiger partial charge in [-0.3, -0.25) is 9.88 Å². The first-order valence-corrected chi connectivity index (χ1v) is 8.54. The largest absolute Gasteiger partial charge is 0.468 e. The van der Waals surface area contributed by atoms with Crippen molar-refractivity contribution in [2.75, 3.05) is 6.54 Å². The Hall–Kier alpha value is -2.40. The molecule has 4 rings (SSSR count). The van der Waals surface area contributed by atoms with Gasteiger partial charge in [0.1, 0.15) is 11.5 Å². The summed E-state index contributed by atoms with van der Waals surface area (Å²) < 4.78 is 11.2. The maximum atomic E-state index is 5.67. The number of likely N-dealkylation sites (tertiary alicyclic amines) is 1. The van der Waals surface area contributed by atoms with Crippen LogP contribution in [0.4, 0.5) is 0 Å². The van der Waals surface area contributed by atoms with Gasteiger partial charge in [-0.25, -0.2) is 0 Å². The van der Waals surface area contributed by atoms with Gasteiger partial charge in [-0.2, -0.15) is 0 Å². The Balaban J connectivity index is 1.53. The average Bonchev–Trinajstić information content (AvgIpc) is 3.26. The number of hydrogen-bond acceptors (Lipinski definition) is 5. The Morgan fingerprint density at radius 2 is 2.08 bits per heavy atom. The smallest absolute Gasteiger partial charge is 0.151 e. The molecule has 0 radical (unpaired) electrons. The normalized spacial score (nSPS) is 19.2. The molecule has 3 aromatic rings. The topological polar surface area (TPSA) is 55.3 Å². The van der Waals surface area contributed by atoms with Crippen LogP contribution < -0.4 is 0 Å². The van der Waals surface area contributed by atoms with Crippen molar-refractivity contribution in [1.82, 2.24) is 15.0 Å². The van der Waals surface area contributed by atoms with Crippen molar-refractivity contribution in [2.24, 2.45) is 0 Å². The number of rotatable bonds is 4. The maximum Gasteiger partial charge on any atom is 0.151 e. The highest BCUT2D eigenvalue weighted by Crippen LogP contribution is 2.32. The van der Waals surface area contributed by atoms with Crippen molar-refractivity contribution < 1.29 is 8.94 Å². The van der Waals surface area contributed by atoms with E-state index in [1.165, 1.54) is 19.3 Å². The molecule has 1 fully saturated rings. The molecule has 0 bridgehead atoms. The first kappa shape index (κ1) is 15.1. The van der Waals surface area contributed by atoms with Crippen molar-refractivity contribution in [3.8, 4) is 11.4 Å². The zero-order valence-electron chi connectivity index (χ0n) is 13.6. The maximum absolute atomic E-state index is 5.67. The second kappa shape index (κ2) is 7.01. The summed E-state index contributed by atoms with van der Waals surface area (Å²) in [6.45, 7) is 1.79. The molecule has 0 aromatic carbocycles. The third kappa shape index (κ3) is 3.26. The molecule has 0 saturated carbocycles. The summed E-state index contributed by atoms with van der Waals surface area (Å²) in [6.07, 6.45) is 8.35. The Morgan fingerprint density at radius 1 is 1.08 bits per heavy atom. The van der Waals surface area contributed by atoms with Gasteiger partial charge < -0.3 is 8.94 Å².